The third kappa shape index (κ3) is 5.54. The van der Waals surface area contributed by atoms with Crippen molar-refractivity contribution in [3.63, 3.8) is 0 Å². The van der Waals surface area contributed by atoms with Crippen molar-refractivity contribution < 1.29 is 9.53 Å². The van der Waals surface area contributed by atoms with E-state index in [9.17, 15) is 4.79 Å². The van der Waals surface area contributed by atoms with E-state index in [0.29, 0.717) is 6.54 Å². The summed E-state index contributed by atoms with van der Waals surface area (Å²) in [5, 5.41) is 3.00. The average Bonchev–Trinajstić information content (AvgIpc) is 3.33. The molecule has 0 fully saturated rings. The van der Waals surface area contributed by atoms with Crippen LogP contribution >= 0.6 is 0 Å². The van der Waals surface area contributed by atoms with E-state index in [1.54, 1.807) is 0 Å². The van der Waals surface area contributed by atoms with Gasteiger partial charge in [-0.2, -0.15) is 0 Å². The number of ether oxygens (including phenoxy) is 1. The number of amides is 1. The number of hydrogen-bond acceptors (Lipinski definition) is 3. The molecular weight excluding hydrogens is 448 g/mol. The van der Waals surface area contributed by atoms with Crippen LogP contribution in [0, 0.1) is 27.7 Å². The standard InChI is InChI=1S/C30H36N4O2/c1-20-13-14-21(2)33(20)27-17-25(18-28(32-27)34-22(3)15-16-23(34)4)26(24-11-9-8-10-12-24)19-31-29(35)36-30(5,6)7/h8-18,26H,19H2,1-7H3,(H,31,35). The number of nitrogens with one attached hydrogen (secondary N) is 1. The molecule has 0 aliphatic carbocycles. The number of hydrogen-bond donors (Lipinski definition) is 1. The summed E-state index contributed by atoms with van der Waals surface area (Å²) in [6.07, 6.45) is -0.424. The summed E-state index contributed by atoms with van der Waals surface area (Å²) in [6, 6.07) is 22.9. The molecule has 36 heavy (non-hydrogen) atoms. The Labute approximate surface area is 213 Å². The van der Waals surface area contributed by atoms with Crippen molar-refractivity contribution in [1.82, 2.24) is 19.4 Å². The highest BCUT2D eigenvalue weighted by Crippen LogP contribution is 2.29. The lowest BCUT2D eigenvalue weighted by atomic mass is 9.91. The molecule has 0 spiro atoms. The summed E-state index contributed by atoms with van der Waals surface area (Å²) in [4.78, 5) is 17.7. The minimum atomic E-state index is -0.559. The number of alkyl carbamates (subject to hydrolysis) is 1. The first-order chi connectivity index (χ1) is 17.0. The van der Waals surface area contributed by atoms with Crippen LogP contribution in [0.25, 0.3) is 11.6 Å². The summed E-state index contributed by atoms with van der Waals surface area (Å²) in [5.74, 6) is 1.62. The van der Waals surface area contributed by atoms with Gasteiger partial charge in [-0.3, -0.25) is 0 Å². The Morgan fingerprint density at radius 2 is 1.28 bits per heavy atom. The van der Waals surface area contributed by atoms with Crippen molar-refractivity contribution in [2.75, 3.05) is 6.54 Å². The molecule has 0 saturated carbocycles. The summed E-state index contributed by atoms with van der Waals surface area (Å²) in [7, 11) is 0. The van der Waals surface area contributed by atoms with Crippen molar-refractivity contribution in [2.45, 2.75) is 60.0 Å². The van der Waals surface area contributed by atoms with E-state index in [0.717, 1.165) is 45.5 Å². The Morgan fingerprint density at radius 1 is 0.806 bits per heavy atom. The third-order valence-corrected chi connectivity index (χ3v) is 6.27. The highest BCUT2D eigenvalue weighted by molar-refractivity contribution is 5.68. The average molecular weight is 485 g/mol. The van der Waals surface area contributed by atoms with Crippen molar-refractivity contribution in [2.24, 2.45) is 0 Å². The Balaban J connectivity index is 1.85. The molecule has 6 nitrogen and oxygen atoms in total. The van der Waals surface area contributed by atoms with Crippen LogP contribution in [-0.4, -0.2) is 32.4 Å². The fourth-order valence-corrected chi connectivity index (χ4v) is 4.62. The van der Waals surface area contributed by atoms with E-state index < -0.39 is 11.7 Å². The minimum absolute atomic E-state index is 0.0911. The van der Waals surface area contributed by atoms with Gasteiger partial charge in [-0.1, -0.05) is 30.3 Å². The molecule has 1 N–H and O–H groups in total. The molecule has 1 amide bonds. The quantitative estimate of drug-likeness (QED) is 0.337. The third-order valence-electron chi connectivity index (χ3n) is 6.27. The molecule has 0 radical (unpaired) electrons. The van der Waals surface area contributed by atoms with E-state index in [-0.39, 0.29) is 5.92 Å². The Morgan fingerprint density at radius 3 is 1.72 bits per heavy atom. The topological polar surface area (TPSA) is 61.1 Å². The first-order valence-electron chi connectivity index (χ1n) is 12.4. The minimum Gasteiger partial charge on any atom is -0.444 e. The Hall–Kier alpha value is -3.80. The molecule has 1 unspecified atom stereocenters. The number of carbonyl (C=O) groups is 1. The first kappa shape index (κ1) is 25.3. The maximum absolute atomic E-state index is 12.6. The number of rotatable bonds is 6. The summed E-state index contributed by atoms with van der Waals surface area (Å²) < 4.78 is 9.86. The van der Waals surface area contributed by atoms with Crippen molar-refractivity contribution in [3.8, 4) is 11.6 Å². The predicted octanol–water partition coefficient (Wildman–Crippen LogP) is 6.55. The van der Waals surface area contributed by atoms with Crippen LogP contribution < -0.4 is 5.32 Å². The predicted molar refractivity (Wildman–Crippen MR) is 144 cm³/mol. The van der Waals surface area contributed by atoms with Gasteiger partial charge in [-0.15, -0.1) is 0 Å². The second kappa shape index (κ2) is 10.1. The largest absolute Gasteiger partial charge is 0.444 e. The van der Waals surface area contributed by atoms with Crippen LogP contribution in [0.3, 0.4) is 0 Å². The van der Waals surface area contributed by atoms with E-state index in [1.807, 2.05) is 39.0 Å². The SMILES string of the molecule is Cc1ccc(C)n1-c1cc(C(CNC(=O)OC(C)(C)C)c2ccccc2)cc(-n2c(C)ccc2C)n1. The van der Waals surface area contributed by atoms with Crippen molar-refractivity contribution >= 4 is 6.09 Å². The van der Waals surface area contributed by atoms with E-state index in [1.165, 1.54) is 0 Å². The van der Waals surface area contributed by atoms with E-state index >= 15 is 0 Å². The zero-order valence-electron chi connectivity index (χ0n) is 22.3. The fourth-order valence-electron chi connectivity index (χ4n) is 4.62. The maximum atomic E-state index is 12.6. The van der Waals surface area contributed by atoms with Crippen molar-refractivity contribution in [3.05, 3.63) is 101 Å². The highest BCUT2D eigenvalue weighted by atomic mass is 16.6. The molecule has 0 aliphatic heterocycles. The molecule has 188 valence electrons. The van der Waals surface area contributed by atoms with Crippen LogP contribution in [0.5, 0.6) is 0 Å². The summed E-state index contributed by atoms with van der Waals surface area (Å²) >= 11 is 0. The van der Waals surface area contributed by atoms with Gasteiger partial charge in [-0.25, -0.2) is 9.78 Å². The second-order valence-corrected chi connectivity index (χ2v) is 10.4. The van der Waals surface area contributed by atoms with Gasteiger partial charge in [0.05, 0.1) is 0 Å². The van der Waals surface area contributed by atoms with Crippen LogP contribution in [0.4, 0.5) is 4.79 Å². The lowest BCUT2D eigenvalue weighted by Gasteiger charge is -2.24. The molecule has 4 rings (SSSR count). The maximum Gasteiger partial charge on any atom is 0.407 e. The molecular formula is C30H36N4O2. The lowest BCUT2D eigenvalue weighted by molar-refractivity contribution is 0.0526. The highest BCUT2D eigenvalue weighted by Gasteiger charge is 2.22. The molecule has 4 aromatic rings. The normalized spacial score (nSPS) is 12.4. The number of carbonyl (C=O) groups excluding carboxylic acids is 1. The molecule has 3 aromatic heterocycles. The molecule has 3 heterocycles. The summed E-state index contributed by atoms with van der Waals surface area (Å²) in [6.45, 7) is 14.4. The van der Waals surface area contributed by atoms with Gasteiger partial charge in [-0.05, 0) is 96.0 Å². The van der Waals surface area contributed by atoms with Crippen LogP contribution in [0.15, 0.2) is 66.7 Å². The number of pyridine rings is 1. The molecule has 0 aliphatic rings. The Bertz CT molecular complexity index is 1260. The molecule has 6 heteroatoms. The van der Waals surface area contributed by atoms with Crippen LogP contribution in [0.1, 0.15) is 60.6 Å². The number of aryl methyl sites for hydroxylation is 4. The van der Waals surface area contributed by atoms with Crippen LogP contribution in [-0.2, 0) is 4.74 Å². The zero-order chi connectivity index (χ0) is 26.0. The fraction of sp³-hybridized carbons (Fsp3) is 0.333. The van der Waals surface area contributed by atoms with Gasteiger partial charge in [0.25, 0.3) is 0 Å². The van der Waals surface area contributed by atoms with Gasteiger partial charge in [0.2, 0.25) is 0 Å². The van der Waals surface area contributed by atoms with E-state index in [2.05, 4.69) is 90.7 Å². The monoisotopic (exact) mass is 484 g/mol. The van der Waals surface area contributed by atoms with Crippen LogP contribution in [0.2, 0.25) is 0 Å². The van der Waals surface area contributed by atoms with E-state index in [4.69, 9.17) is 9.72 Å². The van der Waals surface area contributed by atoms with Gasteiger partial charge >= 0.3 is 6.09 Å². The van der Waals surface area contributed by atoms with Crippen molar-refractivity contribution in [1.29, 1.82) is 0 Å². The zero-order valence-corrected chi connectivity index (χ0v) is 22.3. The van der Waals surface area contributed by atoms with Gasteiger partial charge in [0.1, 0.15) is 17.2 Å². The molecule has 0 saturated heterocycles. The number of benzene rings is 1. The first-order valence-corrected chi connectivity index (χ1v) is 12.4. The molecule has 1 aromatic carbocycles. The smallest absolute Gasteiger partial charge is 0.407 e. The number of nitrogens with zero attached hydrogens (tertiary/aromatic N) is 3. The molecule has 0 bridgehead atoms. The number of aromatic nitrogens is 3. The Kier molecular flexibility index (Phi) is 7.07. The van der Waals surface area contributed by atoms with Gasteiger partial charge in [0, 0.05) is 35.2 Å². The second-order valence-electron chi connectivity index (χ2n) is 10.4. The van der Waals surface area contributed by atoms with Gasteiger partial charge < -0.3 is 19.2 Å². The lowest BCUT2D eigenvalue weighted by Crippen LogP contribution is -2.35. The summed E-state index contributed by atoms with van der Waals surface area (Å²) in [5.41, 5.74) is 6.09. The van der Waals surface area contributed by atoms with Gasteiger partial charge in [0.15, 0.2) is 0 Å². The molecule has 1 atom stereocenters.